The molecule has 0 saturated heterocycles. The van der Waals surface area contributed by atoms with Crippen LogP contribution in [0.25, 0.3) is 0 Å². The Bertz CT molecular complexity index is 531. The Balaban J connectivity index is 2.34. The minimum absolute atomic E-state index is 0.278. The molecule has 1 aromatic rings. The summed E-state index contributed by atoms with van der Waals surface area (Å²) in [5.74, 6) is 0. The average molecular weight is 269 g/mol. The third-order valence-corrected chi connectivity index (χ3v) is 4.79. The molecule has 0 aromatic heterocycles. The molecule has 0 spiro atoms. The van der Waals surface area contributed by atoms with Crippen molar-refractivity contribution >= 4 is 9.84 Å². The van der Waals surface area contributed by atoms with Crippen molar-refractivity contribution in [1.82, 2.24) is 0 Å². The number of aliphatic hydroxyl groups excluding tert-OH is 1. The van der Waals surface area contributed by atoms with Crippen LogP contribution in [0.4, 0.5) is 0 Å². The Morgan fingerprint density at radius 2 is 1.94 bits per heavy atom. The molecule has 100 valence electrons. The van der Waals surface area contributed by atoms with E-state index in [4.69, 9.17) is 5.73 Å². The molecule has 0 amide bonds. The molecule has 0 bridgehead atoms. The summed E-state index contributed by atoms with van der Waals surface area (Å²) in [6, 6.07) is 6.84. The predicted octanol–water partition coefficient (Wildman–Crippen LogP) is 1.18. The van der Waals surface area contributed by atoms with Gasteiger partial charge in [-0.2, -0.15) is 0 Å². The largest absolute Gasteiger partial charge is 0.393 e. The molecule has 1 aliphatic rings. The second kappa shape index (κ2) is 4.64. The van der Waals surface area contributed by atoms with Crippen LogP contribution < -0.4 is 5.73 Å². The third kappa shape index (κ3) is 2.74. The lowest BCUT2D eigenvalue weighted by Crippen LogP contribution is -2.41. The first-order valence-corrected chi connectivity index (χ1v) is 7.98. The van der Waals surface area contributed by atoms with Crippen LogP contribution in [0, 0.1) is 0 Å². The molecule has 4 nitrogen and oxygen atoms in total. The van der Waals surface area contributed by atoms with Gasteiger partial charge in [0.05, 0.1) is 11.0 Å². The molecule has 1 aliphatic carbocycles. The van der Waals surface area contributed by atoms with Crippen molar-refractivity contribution in [2.75, 3.05) is 6.26 Å². The normalized spacial score (nSPS) is 29.2. The van der Waals surface area contributed by atoms with E-state index in [9.17, 15) is 13.5 Å². The van der Waals surface area contributed by atoms with Gasteiger partial charge in [0.2, 0.25) is 0 Å². The number of aliphatic hydroxyl groups is 1. The second-order valence-electron chi connectivity index (χ2n) is 5.19. The number of hydrogen-bond donors (Lipinski definition) is 2. The summed E-state index contributed by atoms with van der Waals surface area (Å²) in [6.07, 6.45) is 3.61. The first kappa shape index (κ1) is 13.5. The zero-order valence-corrected chi connectivity index (χ0v) is 11.3. The fraction of sp³-hybridized carbons (Fsp3) is 0.538. The van der Waals surface area contributed by atoms with Gasteiger partial charge in [0.15, 0.2) is 9.84 Å². The maximum atomic E-state index is 11.5. The van der Waals surface area contributed by atoms with Crippen LogP contribution >= 0.6 is 0 Å². The first-order chi connectivity index (χ1) is 8.31. The molecule has 2 rings (SSSR count). The van der Waals surface area contributed by atoms with E-state index >= 15 is 0 Å². The predicted molar refractivity (Wildman–Crippen MR) is 69.9 cm³/mol. The summed E-state index contributed by atoms with van der Waals surface area (Å²) >= 11 is 0. The molecular weight excluding hydrogens is 250 g/mol. The molecule has 0 aliphatic heterocycles. The molecule has 0 heterocycles. The van der Waals surface area contributed by atoms with Gasteiger partial charge in [-0.15, -0.1) is 0 Å². The zero-order chi connectivity index (χ0) is 13.4. The maximum absolute atomic E-state index is 11.5. The van der Waals surface area contributed by atoms with Crippen molar-refractivity contribution in [3.05, 3.63) is 29.8 Å². The van der Waals surface area contributed by atoms with E-state index in [1.807, 2.05) is 6.07 Å². The second-order valence-corrected chi connectivity index (χ2v) is 7.20. The maximum Gasteiger partial charge on any atom is 0.175 e. The third-order valence-electron chi connectivity index (χ3n) is 3.68. The molecule has 1 saturated carbocycles. The van der Waals surface area contributed by atoms with E-state index in [1.165, 1.54) is 6.26 Å². The lowest BCUT2D eigenvalue weighted by atomic mass is 9.76. The van der Waals surface area contributed by atoms with Crippen molar-refractivity contribution < 1.29 is 13.5 Å². The van der Waals surface area contributed by atoms with Crippen molar-refractivity contribution in [3.8, 4) is 0 Å². The highest BCUT2D eigenvalue weighted by Crippen LogP contribution is 2.35. The fourth-order valence-corrected chi connectivity index (χ4v) is 3.11. The van der Waals surface area contributed by atoms with E-state index < -0.39 is 15.4 Å². The van der Waals surface area contributed by atoms with Crippen LogP contribution in [0.5, 0.6) is 0 Å². The average Bonchev–Trinajstić information content (AvgIpc) is 2.32. The molecule has 5 heteroatoms. The van der Waals surface area contributed by atoms with Crippen LogP contribution in [-0.4, -0.2) is 25.9 Å². The van der Waals surface area contributed by atoms with Gasteiger partial charge in [0, 0.05) is 11.8 Å². The number of benzene rings is 1. The molecule has 1 aromatic carbocycles. The quantitative estimate of drug-likeness (QED) is 0.845. The molecule has 3 N–H and O–H groups in total. The smallest absolute Gasteiger partial charge is 0.175 e. The molecule has 0 atom stereocenters. The highest BCUT2D eigenvalue weighted by Gasteiger charge is 2.33. The number of hydrogen-bond acceptors (Lipinski definition) is 4. The topological polar surface area (TPSA) is 80.4 Å². The summed E-state index contributed by atoms with van der Waals surface area (Å²) < 4.78 is 23.1. The van der Waals surface area contributed by atoms with Crippen molar-refractivity contribution in [2.45, 2.75) is 42.2 Å². The van der Waals surface area contributed by atoms with Gasteiger partial charge in [0.1, 0.15) is 0 Å². The molecule has 0 radical (unpaired) electrons. The number of nitrogens with two attached hydrogens (primary N) is 1. The Morgan fingerprint density at radius 3 is 2.50 bits per heavy atom. The number of sulfone groups is 1. The van der Waals surface area contributed by atoms with Crippen LogP contribution in [-0.2, 0) is 15.4 Å². The Kier molecular flexibility index (Phi) is 3.49. The summed E-state index contributed by atoms with van der Waals surface area (Å²) in [7, 11) is -3.21. The van der Waals surface area contributed by atoms with E-state index in [-0.39, 0.29) is 6.10 Å². The van der Waals surface area contributed by atoms with Crippen LogP contribution in [0.15, 0.2) is 29.2 Å². The van der Waals surface area contributed by atoms with Crippen LogP contribution in [0.3, 0.4) is 0 Å². The highest BCUT2D eigenvalue weighted by molar-refractivity contribution is 7.90. The van der Waals surface area contributed by atoms with Crippen LogP contribution in [0.1, 0.15) is 31.2 Å². The summed E-state index contributed by atoms with van der Waals surface area (Å²) in [5, 5.41) is 9.52. The minimum atomic E-state index is -3.21. The van der Waals surface area contributed by atoms with Gasteiger partial charge in [-0.3, -0.25) is 0 Å². The molecule has 0 unspecified atom stereocenters. The standard InChI is InChI=1S/C13H19NO3S/c1-18(16,17)12-4-2-3-10(9-12)13(14)7-5-11(15)6-8-13/h2-4,9,11,15H,5-8,14H2,1H3. The van der Waals surface area contributed by atoms with Crippen LogP contribution in [0.2, 0.25) is 0 Å². The zero-order valence-electron chi connectivity index (χ0n) is 10.5. The van der Waals surface area contributed by atoms with Gasteiger partial charge >= 0.3 is 0 Å². The Morgan fingerprint density at radius 1 is 1.33 bits per heavy atom. The lowest BCUT2D eigenvalue weighted by Gasteiger charge is -2.36. The van der Waals surface area contributed by atoms with E-state index in [2.05, 4.69) is 0 Å². The number of rotatable bonds is 2. The Hall–Kier alpha value is -0.910. The molecular formula is C13H19NO3S. The van der Waals surface area contributed by atoms with Crippen molar-refractivity contribution in [2.24, 2.45) is 5.73 Å². The monoisotopic (exact) mass is 269 g/mol. The lowest BCUT2D eigenvalue weighted by molar-refractivity contribution is 0.0968. The Labute approximate surface area is 108 Å². The molecule has 18 heavy (non-hydrogen) atoms. The van der Waals surface area contributed by atoms with E-state index in [0.717, 1.165) is 5.56 Å². The summed E-state index contributed by atoms with van der Waals surface area (Å²) in [5.41, 5.74) is 6.68. The fourth-order valence-electron chi connectivity index (χ4n) is 2.44. The highest BCUT2D eigenvalue weighted by atomic mass is 32.2. The van der Waals surface area contributed by atoms with E-state index in [0.29, 0.717) is 30.6 Å². The van der Waals surface area contributed by atoms with Crippen molar-refractivity contribution in [1.29, 1.82) is 0 Å². The SMILES string of the molecule is CS(=O)(=O)c1cccc(C2(N)CCC(O)CC2)c1. The minimum Gasteiger partial charge on any atom is -0.393 e. The van der Waals surface area contributed by atoms with Gasteiger partial charge in [-0.1, -0.05) is 12.1 Å². The van der Waals surface area contributed by atoms with E-state index in [1.54, 1.807) is 18.2 Å². The van der Waals surface area contributed by atoms with Gasteiger partial charge in [-0.05, 0) is 43.4 Å². The summed E-state index contributed by atoms with van der Waals surface area (Å²) in [6.45, 7) is 0. The van der Waals surface area contributed by atoms with Crippen molar-refractivity contribution in [3.63, 3.8) is 0 Å². The summed E-state index contributed by atoms with van der Waals surface area (Å²) in [4.78, 5) is 0.302. The van der Waals surface area contributed by atoms with Gasteiger partial charge in [0.25, 0.3) is 0 Å². The van der Waals surface area contributed by atoms with Gasteiger partial charge < -0.3 is 10.8 Å². The van der Waals surface area contributed by atoms with Gasteiger partial charge in [-0.25, -0.2) is 8.42 Å². The molecule has 1 fully saturated rings. The first-order valence-electron chi connectivity index (χ1n) is 6.09.